The lowest BCUT2D eigenvalue weighted by atomic mass is 9.79. The molecule has 3 nitrogen and oxygen atoms in total. The fourth-order valence-corrected chi connectivity index (χ4v) is 2.08. The van der Waals surface area contributed by atoms with Crippen LogP contribution in [0, 0.1) is 0 Å². The van der Waals surface area contributed by atoms with Gasteiger partial charge < -0.3 is 10.0 Å². The predicted molar refractivity (Wildman–Crippen MR) is 69.1 cm³/mol. The third-order valence-electron chi connectivity index (χ3n) is 2.96. The molecule has 3 rings (SSSR count). The first-order chi connectivity index (χ1) is 8.25. The molecule has 0 saturated heterocycles. The van der Waals surface area contributed by atoms with Gasteiger partial charge in [-0.15, -0.1) is 0 Å². The number of aromatic nitrogens is 1. The van der Waals surface area contributed by atoms with Crippen LogP contribution in [0.5, 0.6) is 0 Å². The lowest BCUT2D eigenvalue weighted by Crippen LogP contribution is -2.29. The minimum absolute atomic E-state index is 0.501. The van der Waals surface area contributed by atoms with Crippen LogP contribution < -0.4 is 5.46 Å². The van der Waals surface area contributed by atoms with Crippen molar-refractivity contribution in [1.82, 2.24) is 4.98 Å². The van der Waals surface area contributed by atoms with E-state index in [-0.39, 0.29) is 0 Å². The highest BCUT2D eigenvalue weighted by atomic mass is 16.4. The monoisotopic (exact) mass is 223 g/mol. The van der Waals surface area contributed by atoms with Gasteiger partial charge in [-0.25, -0.2) is 0 Å². The molecule has 4 heteroatoms. The second-order valence-corrected chi connectivity index (χ2v) is 4.02. The average molecular weight is 223 g/mol. The van der Waals surface area contributed by atoms with Gasteiger partial charge in [-0.3, -0.25) is 4.98 Å². The van der Waals surface area contributed by atoms with E-state index in [9.17, 15) is 0 Å². The van der Waals surface area contributed by atoms with Gasteiger partial charge in [0.15, 0.2) is 0 Å². The Morgan fingerprint density at radius 1 is 0.882 bits per heavy atom. The number of rotatable bonds is 1. The standard InChI is InChI=1S/C13H10BNO2/c16-14(17)11-3-4-12-10(7-11)2-1-9-5-6-15-8-13(9)12/h1-8,16-17H. The fourth-order valence-electron chi connectivity index (χ4n) is 2.08. The summed E-state index contributed by atoms with van der Waals surface area (Å²) in [5.74, 6) is 0. The Morgan fingerprint density at radius 2 is 1.71 bits per heavy atom. The Balaban J connectivity index is 2.37. The largest absolute Gasteiger partial charge is 0.488 e. The molecule has 0 amide bonds. The molecule has 0 radical (unpaired) electrons. The van der Waals surface area contributed by atoms with E-state index in [2.05, 4.69) is 4.98 Å². The summed E-state index contributed by atoms with van der Waals surface area (Å²) in [7, 11) is -1.43. The van der Waals surface area contributed by atoms with Gasteiger partial charge >= 0.3 is 7.12 Å². The Kier molecular flexibility index (Phi) is 2.32. The van der Waals surface area contributed by atoms with Crippen molar-refractivity contribution < 1.29 is 10.0 Å². The molecule has 0 aliphatic heterocycles. The van der Waals surface area contributed by atoms with Crippen LogP contribution in [0.2, 0.25) is 0 Å². The number of hydrogen-bond acceptors (Lipinski definition) is 3. The molecule has 0 fully saturated rings. The predicted octanol–water partition coefficient (Wildman–Crippen LogP) is 1.07. The molecule has 0 bridgehead atoms. The molecule has 0 saturated carbocycles. The SMILES string of the molecule is OB(O)c1ccc2c(ccc3ccncc32)c1. The lowest BCUT2D eigenvalue weighted by molar-refractivity contribution is 0.426. The smallest absolute Gasteiger partial charge is 0.423 e. The Hall–Kier alpha value is -1.91. The zero-order valence-electron chi connectivity index (χ0n) is 9.04. The van der Waals surface area contributed by atoms with Crippen molar-refractivity contribution in [2.45, 2.75) is 0 Å². The van der Waals surface area contributed by atoms with Gasteiger partial charge in [0, 0.05) is 17.8 Å². The van der Waals surface area contributed by atoms with Crippen LogP contribution in [0.15, 0.2) is 48.8 Å². The van der Waals surface area contributed by atoms with Crippen LogP contribution >= 0.6 is 0 Å². The molecular weight excluding hydrogens is 213 g/mol. The summed E-state index contributed by atoms with van der Waals surface area (Å²) in [6.45, 7) is 0. The van der Waals surface area contributed by atoms with E-state index in [1.54, 1.807) is 18.3 Å². The first-order valence-corrected chi connectivity index (χ1v) is 5.38. The lowest BCUT2D eigenvalue weighted by Gasteiger charge is -2.05. The summed E-state index contributed by atoms with van der Waals surface area (Å²) in [6, 6.07) is 11.3. The first-order valence-electron chi connectivity index (χ1n) is 5.38. The van der Waals surface area contributed by atoms with Crippen LogP contribution in [0.25, 0.3) is 21.5 Å². The zero-order valence-corrected chi connectivity index (χ0v) is 9.04. The van der Waals surface area contributed by atoms with Crippen LogP contribution in [0.1, 0.15) is 0 Å². The van der Waals surface area contributed by atoms with Crippen LogP contribution in [-0.4, -0.2) is 22.2 Å². The van der Waals surface area contributed by atoms with E-state index < -0.39 is 7.12 Å². The number of pyridine rings is 1. The highest BCUT2D eigenvalue weighted by molar-refractivity contribution is 6.59. The first kappa shape index (κ1) is 10.3. The molecule has 0 aliphatic rings. The molecule has 0 spiro atoms. The topological polar surface area (TPSA) is 53.4 Å². The minimum Gasteiger partial charge on any atom is -0.423 e. The maximum absolute atomic E-state index is 9.14. The van der Waals surface area contributed by atoms with Gasteiger partial charge in [0.05, 0.1) is 0 Å². The van der Waals surface area contributed by atoms with Crippen molar-refractivity contribution >= 4 is 34.1 Å². The van der Waals surface area contributed by atoms with Crippen LogP contribution in [0.3, 0.4) is 0 Å². The van der Waals surface area contributed by atoms with Crippen molar-refractivity contribution in [2.75, 3.05) is 0 Å². The molecule has 0 aliphatic carbocycles. The molecule has 1 aromatic heterocycles. The Bertz CT molecular complexity index is 697. The highest BCUT2D eigenvalue weighted by Crippen LogP contribution is 2.23. The number of fused-ring (bicyclic) bond motifs is 3. The number of nitrogens with zero attached hydrogens (tertiary/aromatic N) is 1. The van der Waals surface area contributed by atoms with E-state index in [0.29, 0.717) is 5.46 Å². The zero-order chi connectivity index (χ0) is 11.8. The number of hydrogen-bond donors (Lipinski definition) is 2. The summed E-state index contributed by atoms with van der Waals surface area (Å²) < 4.78 is 0. The van der Waals surface area contributed by atoms with Crippen molar-refractivity contribution in [3.63, 3.8) is 0 Å². The summed E-state index contributed by atoms with van der Waals surface area (Å²) in [5.41, 5.74) is 0.501. The maximum Gasteiger partial charge on any atom is 0.488 e. The highest BCUT2D eigenvalue weighted by Gasteiger charge is 2.11. The molecule has 0 atom stereocenters. The third-order valence-corrected chi connectivity index (χ3v) is 2.96. The van der Waals surface area contributed by atoms with E-state index in [1.807, 2.05) is 30.5 Å². The van der Waals surface area contributed by atoms with Gasteiger partial charge in [-0.2, -0.15) is 0 Å². The number of benzene rings is 2. The normalized spacial score (nSPS) is 10.9. The van der Waals surface area contributed by atoms with Crippen LogP contribution in [0.4, 0.5) is 0 Å². The van der Waals surface area contributed by atoms with Gasteiger partial charge in [0.2, 0.25) is 0 Å². The third kappa shape index (κ3) is 1.67. The van der Waals surface area contributed by atoms with E-state index in [4.69, 9.17) is 10.0 Å². The van der Waals surface area contributed by atoms with Gasteiger partial charge in [-0.05, 0) is 27.7 Å². The molecule has 17 heavy (non-hydrogen) atoms. The second-order valence-electron chi connectivity index (χ2n) is 4.02. The average Bonchev–Trinajstić information content (AvgIpc) is 2.38. The molecule has 82 valence electrons. The molecule has 2 N–H and O–H groups in total. The van der Waals surface area contributed by atoms with E-state index in [1.165, 1.54) is 0 Å². The summed E-state index contributed by atoms with van der Waals surface area (Å²) in [4.78, 5) is 4.12. The van der Waals surface area contributed by atoms with Crippen molar-refractivity contribution in [2.24, 2.45) is 0 Å². The van der Waals surface area contributed by atoms with E-state index >= 15 is 0 Å². The summed E-state index contributed by atoms with van der Waals surface area (Å²) in [6.07, 6.45) is 3.59. The maximum atomic E-state index is 9.14. The second kappa shape index (κ2) is 3.84. The van der Waals surface area contributed by atoms with Gasteiger partial charge in [0.25, 0.3) is 0 Å². The molecular formula is C13H10BNO2. The van der Waals surface area contributed by atoms with Gasteiger partial charge in [-0.1, -0.05) is 30.3 Å². The fraction of sp³-hybridized carbons (Fsp3) is 0. The Morgan fingerprint density at radius 3 is 2.53 bits per heavy atom. The molecule has 3 aromatic rings. The van der Waals surface area contributed by atoms with Crippen molar-refractivity contribution in [3.05, 3.63) is 48.8 Å². The summed E-state index contributed by atoms with van der Waals surface area (Å²) >= 11 is 0. The Labute approximate surface area is 98.5 Å². The van der Waals surface area contributed by atoms with Crippen LogP contribution in [-0.2, 0) is 0 Å². The molecule has 0 unspecified atom stereocenters. The summed E-state index contributed by atoms with van der Waals surface area (Å²) in [5, 5.41) is 22.5. The van der Waals surface area contributed by atoms with Gasteiger partial charge in [0.1, 0.15) is 0 Å². The quantitative estimate of drug-likeness (QED) is 0.479. The molecule has 1 heterocycles. The van der Waals surface area contributed by atoms with E-state index in [0.717, 1.165) is 21.5 Å². The molecule has 2 aromatic carbocycles. The van der Waals surface area contributed by atoms with Crippen molar-refractivity contribution in [3.8, 4) is 0 Å². The van der Waals surface area contributed by atoms with Crippen molar-refractivity contribution in [1.29, 1.82) is 0 Å². The minimum atomic E-state index is -1.43.